The molecule has 2 rings (SSSR count). The Morgan fingerprint density at radius 3 is 2.53 bits per heavy atom. The Labute approximate surface area is 127 Å². The van der Waals surface area contributed by atoms with Crippen molar-refractivity contribution in [1.82, 2.24) is 5.32 Å². The molecule has 0 aromatic rings. The molecule has 0 aromatic carbocycles. The van der Waals surface area contributed by atoms with Crippen LogP contribution >= 0.6 is 0 Å². The van der Waals surface area contributed by atoms with Crippen LogP contribution in [0.3, 0.4) is 0 Å². The fourth-order valence-electron chi connectivity index (χ4n) is 2.44. The van der Waals surface area contributed by atoms with E-state index < -0.39 is 5.92 Å². The number of allylic oxidation sites excluding steroid dienone is 1. The van der Waals surface area contributed by atoms with Crippen molar-refractivity contribution >= 4 is 8.41 Å². The summed E-state index contributed by atoms with van der Waals surface area (Å²) in [7, 11) is 0. The number of halogens is 2. The minimum atomic E-state index is -2.45. The third kappa shape index (κ3) is 5.02. The molecule has 0 aromatic heterocycles. The number of nitrogens with one attached hydrogen (secondary N) is 1. The first-order valence-corrected chi connectivity index (χ1v) is 5.87. The first-order chi connectivity index (χ1) is 7.07. The van der Waals surface area contributed by atoms with Crippen molar-refractivity contribution in [1.29, 1.82) is 0 Å². The van der Waals surface area contributed by atoms with Crippen molar-refractivity contribution in [2.45, 2.75) is 51.0 Å². The van der Waals surface area contributed by atoms with E-state index in [9.17, 15) is 8.78 Å². The average molecular weight is 253 g/mol. The second-order valence-electron chi connectivity index (χ2n) is 4.98. The minimum Gasteiger partial charge on any atom is -0.310 e. The smallest absolute Gasteiger partial charge is 0.310 e. The fraction of sp³-hybridized carbons (Fsp3) is 0.833. The van der Waals surface area contributed by atoms with Crippen LogP contribution in [0.2, 0.25) is 0 Å². The second kappa shape index (κ2) is 7.27. The third-order valence-electron chi connectivity index (χ3n) is 3.55. The molecule has 0 bridgehead atoms. The van der Waals surface area contributed by atoms with E-state index in [2.05, 4.69) is 12.2 Å². The van der Waals surface area contributed by atoms with E-state index in [-0.39, 0.29) is 50.8 Å². The molecule has 2 aliphatic rings. The molecule has 2 unspecified atom stereocenters. The second-order valence-corrected chi connectivity index (χ2v) is 4.98. The van der Waals surface area contributed by atoms with Gasteiger partial charge < -0.3 is 5.32 Å². The Balaban J connectivity index is 0.00000128. The van der Waals surface area contributed by atoms with Gasteiger partial charge in [0.1, 0.15) is 0 Å². The molecular formula is C12H23BF2NNa. The summed E-state index contributed by atoms with van der Waals surface area (Å²) in [6, 6.07) is 0.372. The Bertz CT molecular complexity index is 263. The minimum absolute atomic E-state index is 0. The molecule has 1 aliphatic carbocycles. The molecule has 0 radical (unpaired) electrons. The number of hydrogen-bond donors (Lipinski definition) is 1. The van der Waals surface area contributed by atoms with E-state index in [0.717, 1.165) is 18.9 Å². The first kappa shape index (κ1) is 17.6. The van der Waals surface area contributed by atoms with E-state index in [1.165, 1.54) is 12.0 Å². The van der Waals surface area contributed by atoms with E-state index in [1.807, 2.05) is 0 Å². The quantitative estimate of drug-likeness (QED) is 0.451. The van der Waals surface area contributed by atoms with Gasteiger partial charge in [0.25, 0.3) is 5.92 Å². The molecule has 5 heteroatoms. The number of alkyl halides is 2. The Hall–Kier alpha value is 0.625. The van der Waals surface area contributed by atoms with Crippen LogP contribution in [0.25, 0.3) is 0 Å². The monoisotopic (exact) mass is 253 g/mol. The number of rotatable bonds is 1. The molecule has 1 fully saturated rings. The van der Waals surface area contributed by atoms with Gasteiger partial charge in [-0.3, -0.25) is 0 Å². The maximum absolute atomic E-state index is 12.9. The van der Waals surface area contributed by atoms with Gasteiger partial charge >= 0.3 is 29.6 Å². The SMILES string of the molecule is CC1CCC(C2=CCC(F)(F)CC2)NC1.[BH4-].[Na+]. The molecule has 1 saturated heterocycles. The van der Waals surface area contributed by atoms with Gasteiger partial charge in [0, 0.05) is 18.9 Å². The number of piperidine rings is 1. The van der Waals surface area contributed by atoms with Gasteiger partial charge in [0.2, 0.25) is 0 Å². The number of hydrogen-bond acceptors (Lipinski definition) is 1. The van der Waals surface area contributed by atoms with Crippen LogP contribution in [-0.4, -0.2) is 26.9 Å². The molecule has 1 N–H and O–H groups in total. The summed E-state index contributed by atoms with van der Waals surface area (Å²) in [6.07, 6.45) is 4.63. The van der Waals surface area contributed by atoms with Gasteiger partial charge in [0.05, 0.1) is 0 Å². The van der Waals surface area contributed by atoms with Crippen LogP contribution in [0.1, 0.15) is 39.0 Å². The maximum Gasteiger partial charge on any atom is 1.00 e. The van der Waals surface area contributed by atoms with E-state index >= 15 is 0 Å². The van der Waals surface area contributed by atoms with Gasteiger partial charge in [-0.25, -0.2) is 8.78 Å². The zero-order valence-electron chi connectivity index (χ0n) is 10.2. The normalized spacial score (nSPS) is 31.8. The Morgan fingerprint density at radius 2 is 2.06 bits per heavy atom. The summed E-state index contributed by atoms with van der Waals surface area (Å²) in [5, 5.41) is 3.45. The van der Waals surface area contributed by atoms with Gasteiger partial charge in [-0.2, -0.15) is 0 Å². The Morgan fingerprint density at radius 1 is 1.35 bits per heavy atom. The molecule has 2 atom stereocenters. The first-order valence-electron chi connectivity index (χ1n) is 5.87. The predicted molar refractivity (Wildman–Crippen MR) is 68.4 cm³/mol. The topological polar surface area (TPSA) is 12.0 Å². The summed E-state index contributed by atoms with van der Waals surface area (Å²) >= 11 is 0. The van der Waals surface area contributed by atoms with Crippen molar-refractivity contribution in [2.75, 3.05) is 6.54 Å². The summed E-state index contributed by atoms with van der Waals surface area (Å²) in [5.41, 5.74) is 1.22. The van der Waals surface area contributed by atoms with Crippen molar-refractivity contribution in [3.63, 3.8) is 0 Å². The molecule has 1 heterocycles. The van der Waals surface area contributed by atoms with Crippen molar-refractivity contribution < 1.29 is 38.3 Å². The van der Waals surface area contributed by atoms with Crippen LogP contribution in [0.15, 0.2) is 11.6 Å². The molecule has 1 aliphatic heterocycles. The average Bonchev–Trinajstić information content (AvgIpc) is 2.20. The molecule has 17 heavy (non-hydrogen) atoms. The van der Waals surface area contributed by atoms with E-state index in [0.29, 0.717) is 12.5 Å². The van der Waals surface area contributed by atoms with Crippen molar-refractivity contribution in [2.24, 2.45) is 5.92 Å². The van der Waals surface area contributed by atoms with E-state index in [1.54, 1.807) is 6.08 Å². The zero-order valence-corrected chi connectivity index (χ0v) is 12.2. The standard InChI is InChI=1S/C12H19F2N.BH4.Na/c1-9-2-3-11(15-8-9)10-4-6-12(13,14)7-5-10;;/h4,9,11,15H,2-3,5-8H2,1H3;1H4;/q;-1;+1. The summed E-state index contributed by atoms with van der Waals surface area (Å²) < 4.78 is 25.9. The molecule has 1 nitrogen and oxygen atoms in total. The van der Waals surface area contributed by atoms with Crippen LogP contribution in [0.4, 0.5) is 8.78 Å². The molecule has 0 saturated carbocycles. The van der Waals surface area contributed by atoms with Gasteiger partial charge in [0.15, 0.2) is 0 Å². The Kier molecular flexibility index (Phi) is 7.54. The third-order valence-corrected chi connectivity index (χ3v) is 3.55. The predicted octanol–water partition coefficient (Wildman–Crippen LogP) is -1.33. The molecule has 94 valence electrons. The fourth-order valence-corrected chi connectivity index (χ4v) is 2.44. The van der Waals surface area contributed by atoms with Crippen molar-refractivity contribution in [3.05, 3.63) is 11.6 Å². The zero-order chi connectivity index (χ0) is 10.9. The largest absolute Gasteiger partial charge is 1.00 e. The van der Waals surface area contributed by atoms with Crippen LogP contribution in [-0.2, 0) is 0 Å². The maximum atomic E-state index is 12.9. The van der Waals surface area contributed by atoms with Gasteiger partial charge in [-0.05, 0) is 31.7 Å². The summed E-state index contributed by atoms with van der Waals surface area (Å²) in [4.78, 5) is 0. The molecule has 0 amide bonds. The van der Waals surface area contributed by atoms with Gasteiger partial charge in [-0.1, -0.05) is 27.0 Å². The van der Waals surface area contributed by atoms with Gasteiger partial charge in [-0.15, -0.1) is 0 Å². The van der Waals surface area contributed by atoms with Crippen LogP contribution < -0.4 is 34.9 Å². The summed E-state index contributed by atoms with van der Waals surface area (Å²) in [5.74, 6) is -1.72. The molecular weight excluding hydrogens is 230 g/mol. The van der Waals surface area contributed by atoms with E-state index in [4.69, 9.17) is 0 Å². The van der Waals surface area contributed by atoms with Crippen LogP contribution in [0, 0.1) is 5.92 Å². The van der Waals surface area contributed by atoms with Crippen molar-refractivity contribution in [3.8, 4) is 0 Å². The summed E-state index contributed by atoms with van der Waals surface area (Å²) in [6.45, 7) is 3.25. The van der Waals surface area contributed by atoms with Crippen LogP contribution in [0.5, 0.6) is 0 Å². The molecule has 0 spiro atoms.